The van der Waals surface area contributed by atoms with Crippen LogP contribution in [-0.4, -0.2) is 81.2 Å². The number of nitrogens with zero attached hydrogens (tertiary/aromatic N) is 3. The molecule has 276 valence electrons. The minimum Gasteiger partial charge on any atom is -0.575 e. The van der Waals surface area contributed by atoms with E-state index in [9.17, 15) is 29.2 Å². The van der Waals surface area contributed by atoms with Crippen LogP contribution in [0, 0.1) is 5.92 Å². The van der Waals surface area contributed by atoms with Crippen molar-refractivity contribution in [2.24, 2.45) is 10.7 Å². The summed E-state index contributed by atoms with van der Waals surface area (Å²) in [6.45, 7) is 12.3. The number of aromatic nitrogens is 2. The average molecular weight is 730 g/mol. The maximum absolute atomic E-state index is 15.3. The van der Waals surface area contributed by atoms with Crippen molar-refractivity contribution in [2.75, 3.05) is 11.9 Å². The van der Waals surface area contributed by atoms with Gasteiger partial charge in [-0.05, 0) is 65.7 Å². The normalized spacial score (nSPS) is 20.2. The number of alkyl carbamates (subject to hydrolysis) is 1. The molecule has 1 saturated heterocycles. The Kier molecular flexibility index (Phi) is 13.4. The quantitative estimate of drug-likeness (QED) is 0.200. The van der Waals surface area contributed by atoms with Crippen LogP contribution in [0.4, 0.5) is 19.4 Å². The number of carbonyl (C=O) groups excluding carboxylic acids is 3. The highest BCUT2D eigenvalue weighted by atomic mass is 31.1. The number of esters is 1. The Balaban J connectivity index is 1.70. The van der Waals surface area contributed by atoms with Gasteiger partial charge in [0, 0.05) is 6.20 Å². The molecule has 0 bridgehead atoms. The second-order valence-electron chi connectivity index (χ2n) is 12.9. The molecule has 1 aromatic heterocycles. The molecule has 0 spiro atoms. The molecule has 16 nitrogen and oxygen atoms in total. The molecule has 19 heteroatoms. The van der Waals surface area contributed by atoms with Crippen LogP contribution in [0.2, 0.25) is 0 Å². The minimum absolute atomic E-state index is 0.0641. The molecule has 1 aliphatic rings. The lowest BCUT2D eigenvalue weighted by molar-refractivity contribution is -0.170. The fourth-order valence-electron chi connectivity index (χ4n) is 4.38. The van der Waals surface area contributed by atoms with Crippen LogP contribution in [0.25, 0.3) is 0 Å². The molecule has 3 N–H and O–H groups in total. The van der Waals surface area contributed by atoms with Crippen LogP contribution in [0.3, 0.4) is 0 Å². The smallest absolute Gasteiger partial charge is 0.408 e. The van der Waals surface area contributed by atoms with E-state index in [1.807, 2.05) is 0 Å². The molecule has 1 fully saturated rings. The molecule has 0 saturated carbocycles. The largest absolute Gasteiger partial charge is 0.575 e. The molecule has 1 unspecified atom stereocenters. The van der Waals surface area contributed by atoms with Gasteiger partial charge in [0.2, 0.25) is 17.9 Å². The summed E-state index contributed by atoms with van der Waals surface area (Å²) >= 11 is 0. The van der Waals surface area contributed by atoms with Crippen LogP contribution in [0.1, 0.15) is 61.6 Å². The minimum atomic E-state index is -4.00. The fourth-order valence-corrected chi connectivity index (χ4v) is 5.13. The Hall–Kier alpha value is -4.25. The van der Waals surface area contributed by atoms with Crippen molar-refractivity contribution in [3.05, 3.63) is 47.0 Å². The molecular weight excluding hydrogens is 687 g/mol. The van der Waals surface area contributed by atoms with Gasteiger partial charge in [-0.2, -0.15) is 13.8 Å². The van der Waals surface area contributed by atoms with E-state index in [0.29, 0.717) is 4.57 Å². The number of nitrogens with one attached hydrogen (secondary N) is 2. The van der Waals surface area contributed by atoms with Gasteiger partial charge in [0.05, 0.1) is 6.10 Å². The number of amides is 2. The Bertz CT molecular complexity index is 1620. The molecule has 2 amide bonds. The molecule has 1 aromatic carbocycles. The Morgan fingerprint density at radius 3 is 2.36 bits per heavy atom. The third-order valence-corrected chi connectivity index (χ3v) is 7.61. The third-order valence-electron chi connectivity index (χ3n) is 6.72. The van der Waals surface area contributed by atoms with Crippen molar-refractivity contribution in [1.29, 1.82) is 0 Å². The molecule has 6 atom stereocenters. The molecule has 2 heterocycles. The van der Waals surface area contributed by atoms with Gasteiger partial charge in [-0.3, -0.25) is 13.9 Å². The molecule has 50 heavy (non-hydrogen) atoms. The number of alkyl halides is 2. The number of aliphatic hydroxyl groups is 1. The monoisotopic (exact) mass is 729 g/mol. The van der Waals surface area contributed by atoms with Crippen LogP contribution in [0.5, 0.6) is 11.5 Å². The van der Waals surface area contributed by atoms with E-state index in [0.717, 1.165) is 12.3 Å². The maximum atomic E-state index is 15.3. The lowest BCUT2D eigenvalue weighted by Gasteiger charge is -2.25. The van der Waals surface area contributed by atoms with Crippen LogP contribution in [-0.2, 0) is 23.8 Å². The Labute approximate surface area is 288 Å². The van der Waals surface area contributed by atoms with Gasteiger partial charge >= 0.3 is 31.8 Å². The summed E-state index contributed by atoms with van der Waals surface area (Å²) < 4.78 is 61.2. The van der Waals surface area contributed by atoms with Crippen molar-refractivity contribution in [3.63, 3.8) is 0 Å². The molecule has 0 radical (unpaired) electrons. The van der Waals surface area contributed by atoms with Gasteiger partial charge < -0.3 is 39.6 Å². The number of ether oxygens (including phenoxy) is 4. The van der Waals surface area contributed by atoms with Crippen molar-refractivity contribution >= 4 is 32.0 Å². The molecule has 0 aliphatic carbocycles. The van der Waals surface area contributed by atoms with E-state index in [4.69, 9.17) is 23.5 Å². The van der Waals surface area contributed by atoms with Crippen LogP contribution >= 0.6 is 8.17 Å². The molecular formula is C31H42F2N5O11P. The Morgan fingerprint density at radius 2 is 1.78 bits per heavy atom. The van der Waals surface area contributed by atoms with E-state index in [-0.39, 0.29) is 17.3 Å². The predicted molar refractivity (Wildman–Crippen MR) is 173 cm³/mol. The van der Waals surface area contributed by atoms with E-state index in [1.54, 1.807) is 48.5 Å². The molecule has 1 aliphatic heterocycles. The summed E-state index contributed by atoms with van der Waals surface area (Å²) in [6.07, 6.45) is -6.74. The highest BCUT2D eigenvalue weighted by Gasteiger charge is 2.60. The van der Waals surface area contributed by atoms with Crippen molar-refractivity contribution in [1.82, 2.24) is 14.9 Å². The number of halogens is 2. The van der Waals surface area contributed by atoms with Gasteiger partial charge in [-0.15, -0.1) is 0 Å². The van der Waals surface area contributed by atoms with Gasteiger partial charge in [0.25, 0.3) is 0 Å². The number of rotatable bonds is 13. The van der Waals surface area contributed by atoms with Gasteiger partial charge in [-0.25, -0.2) is 14.4 Å². The van der Waals surface area contributed by atoms with Crippen molar-refractivity contribution in [2.45, 2.75) is 104 Å². The predicted octanol–water partition coefficient (Wildman–Crippen LogP) is 3.28. The number of hydrogen-bond acceptors (Lipinski definition) is 13. The highest BCUT2D eigenvalue weighted by Crippen LogP contribution is 2.43. The summed E-state index contributed by atoms with van der Waals surface area (Å²) in [5.74, 6) is -6.31. The first kappa shape index (κ1) is 40.2. The second-order valence-corrected chi connectivity index (χ2v) is 13.8. The first-order chi connectivity index (χ1) is 23.2. The van der Waals surface area contributed by atoms with E-state index < -0.39 is 92.5 Å². The summed E-state index contributed by atoms with van der Waals surface area (Å²) in [5, 5.41) is 15.3. The highest BCUT2D eigenvalue weighted by molar-refractivity contribution is 7.34. The SMILES string of the molecule is CC(C)OC(=O)[C@H](C)N=[P+]([O-])Oc1ccccc1OC[C@H]1O[C@@H](n2ccc(NC(=O)[C@H](NC(=O)OC(C)(C)C)C(C)C)nc2=O)C(F)(F)[C@@H]1O. The first-order valence-corrected chi connectivity index (χ1v) is 16.7. The zero-order valence-electron chi connectivity index (χ0n) is 28.8. The zero-order chi connectivity index (χ0) is 37.6. The molecule has 2 aromatic rings. The first-order valence-electron chi connectivity index (χ1n) is 15.6. The van der Waals surface area contributed by atoms with E-state index in [2.05, 4.69) is 20.4 Å². The summed E-state index contributed by atoms with van der Waals surface area (Å²) in [6, 6.07) is 4.65. The van der Waals surface area contributed by atoms with Crippen LogP contribution in [0.15, 0.2) is 46.1 Å². The summed E-state index contributed by atoms with van der Waals surface area (Å²) in [5.41, 5.74) is -2.06. The van der Waals surface area contributed by atoms with Gasteiger partial charge in [0.1, 0.15) is 30.2 Å². The lowest BCUT2D eigenvalue weighted by Crippen LogP contribution is -2.48. The standard InChI is InChI=1S/C31H42F2N5O11P/c1-16(2)23(36-29(43)48-30(6,7)8)25(40)34-22-13-14-38(28(42)35-22)27-31(32,33)24(39)21(47-27)15-45-19-11-9-10-12-20(19)49-50(44)37-18(5)26(41)46-17(3)4/h9-14,16-18,21,23-24,27,39H,15H2,1-8H3,(H,36,43)(H,34,35,40,42)/t18-,21+,23+,24+,27+/m0/s1. The average Bonchev–Trinajstić information content (AvgIpc) is 3.21. The number of carbonyl (C=O) groups is 3. The van der Waals surface area contributed by atoms with E-state index >= 15 is 8.78 Å². The fraction of sp³-hybridized carbons (Fsp3) is 0.581. The summed E-state index contributed by atoms with van der Waals surface area (Å²) in [4.78, 5) is 66.1. The van der Waals surface area contributed by atoms with Gasteiger partial charge in [0.15, 0.2) is 17.9 Å². The lowest BCUT2D eigenvalue weighted by atomic mass is 10.0. The number of aliphatic hydroxyl groups excluding tert-OH is 1. The van der Waals surface area contributed by atoms with Crippen LogP contribution < -0.4 is 30.5 Å². The topological polar surface area (TPSA) is 212 Å². The maximum Gasteiger partial charge on any atom is 0.408 e. The summed E-state index contributed by atoms with van der Waals surface area (Å²) in [7, 11) is -2.78. The zero-order valence-corrected chi connectivity index (χ0v) is 29.7. The third kappa shape index (κ3) is 10.9. The molecule has 3 rings (SSSR count). The number of hydrogen-bond donors (Lipinski definition) is 3. The Morgan fingerprint density at radius 1 is 1.14 bits per heavy atom. The number of anilines is 1. The van der Waals surface area contributed by atoms with Crippen molar-refractivity contribution < 1.29 is 56.6 Å². The van der Waals surface area contributed by atoms with Crippen molar-refractivity contribution in [3.8, 4) is 11.5 Å². The second kappa shape index (κ2) is 16.6. The van der Waals surface area contributed by atoms with E-state index in [1.165, 1.54) is 31.2 Å². The van der Waals surface area contributed by atoms with Gasteiger partial charge in [-0.1, -0.05) is 30.7 Å². The number of benzene rings is 1. The number of para-hydroxylation sites is 2.